The number of nitrogens with zero attached hydrogens (tertiary/aromatic N) is 2. The van der Waals surface area contributed by atoms with Crippen LogP contribution in [0, 0.1) is 0 Å². The number of pyridine rings is 2. The highest BCUT2D eigenvalue weighted by atomic mass is 35.5. The minimum atomic E-state index is 0. The van der Waals surface area contributed by atoms with Gasteiger partial charge in [-0.25, -0.2) is 4.98 Å². The van der Waals surface area contributed by atoms with Gasteiger partial charge in [0, 0.05) is 57.8 Å². The maximum absolute atomic E-state index is 12.7. The van der Waals surface area contributed by atoms with Crippen LogP contribution in [-0.4, -0.2) is 35.6 Å². The average Bonchev–Trinajstić information content (AvgIpc) is 3.12. The van der Waals surface area contributed by atoms with E-state index in [1.165, 1.54) is 53.6 Å². The van der Waals surface area contributed by atoms with Crippen LogP contribution in [0.3, 0.4) is 0 Å². The lowest BCUT2D eigenvalue weighted by Gasteiger charge is -2.22. The summed E-state index contributed by atoms with van der Waals surface area (Å²) in [6.07, 6.45) is 13.3. The van der Waals surface area contributed by atoms with Crippen molar-refractivity contribution < 1.29 is 9.53 Å². The van der Waals surface area contributed by atoms with E-state index in [1.807, 2.05) is 18.2 Å². The molecule has 2 aromatic heterocycles. The lowest BCUT2D eigenvalue weighted by atomic mass is 9.92. The van der Waals surface area contributed by atoms with E-state index in [0.717, 1.165) is 109 Å². The summed E-state index contributed by atoms with van der Waals surface area (Å²) in [7, 11) is 0. The minimum absolute atomic E-state index is 0. The molecule has 5 aromatic rings. The summed E-state index contributed by atoms with van der Waals surface area (Å²) in [4.78, 5) is 22.7. The number of carbonyl (C=O) groups excluding carboxylic acids is 1. The van der Waals surface area contributed by atoms with Crippen molar-refractivity contribution in [1.82, 2.24) is 15.3 Å². The van der Waals surface area contributed by atoms with Gasteiger partial charge in [0.2, 0.25) is 5.91 Å². The number of hydrogen-bond donors (Lipinski definition) is 2. The van der Waals surface area contributed by atoms with Gasteiger partial charge in [0.1, 0.15) is 5.75 Å². The van der Waals surface area contributed by atoms with Gasteiger partial charge in [-0.3, -0.25) is 9.78 Å². The SMILES string of the molecule is Cl.Cl.Cl.O=C(CCc1ccc2nc(-c3ccccc3)c3c(c2c1)OCCC3)NCCCCCCCNc1c2c(nc3cc(Cl)ccc13)CCCC2. The van der Waals surface area contributed by atoms with Gasteiger partial charge in [-0.1, -0.05) is 67.3 Å². The fraction of sp³-hybridized carbons (Fsp3) is 0.390. The normalized spacial score (nSPS) is 13.1. The van der Waals surface area contributed by atoms with Crippen LogP contribution in [-0.2, 0) is 30.5 Å². The number of rotatable bonds is 13. The van der Waals surface area contributed by atoms with Crippen molar-refractivity contribution in [2.45, 2.75) is 83.5 Å². The van der Waals surface area contributed by atoms with Crippen LogP contribution in [0.5, 0.6) is 5.75 Å². The highest BCUT2D eigenvalue weighted by molar-refractivity contribution is 6.31. The third-order valence-electron chi connectivity index (χ3n) is 9.81. The van der Waals surface area contributed by atoms with Gasteiger partial charge in [-0.2, -0.15) is 0 Å². The van der Waals surface area contributed by atoms with E-state index in [2.05, 4.69) is 59.2 Å². The lowest BCUT2D eigenvalue weighted by molar-refractivity contribution is -0.121. The summed E-state index contributed by atoms with van der Waals surface area (Å²) in [5.74, 6) is 1.08. The largest absolute Gasteiger partial charge is 0.493 e. The molecule has 3 heterocycles. The highest BCUT2D eigenvalue weighted by Gasteiger charge is 2.21. The molecule has 1 aliphatic carbocycles. The van der Waals surface area contributed by atoms with Crippen molar-refractivity contribution in [1.29, 1.82) is 0 Å². The van der Waals surface area contributed by atoms with E-state index in [1.54, 1.807) is 0 Å². The molecule has 0 spiro atoms. The zero-order valence-corrected chi connectivity index (χ0v) is 32.2. The molecule has 1 aliphatic heterocycles. The second kappa shape index (κ2) is 19.5. The summed E-state index contributed by atoms with van der Waals surface area (Å²) in [6, 6.07) is 22.8. The Labute approximate surface area is 325 Å². The second-order valence-corrected chi connectivity index (χ2v) is 13.7. The predicted molar refractivity (Wildman–Crippen MR) is 219 cm³/mol. The van der Waals surface area contributed by atoms with Crippen LogP contribution < -0.4 is 15.4 Å². The van der Waals surface area contributed by atoms with Crippen LogP contribution in [0.15, 0.2) is 66.7 Å². The molecular formula is C41H48Cl4N4O2. The number of aryl methyl sites for hydroxylation is 2. The van der Waals surface area contributed by atoms with E-state index in [9.17, 15) is 4.79 Å². The number of aromatic nitrogens is 2. The molecule has 0 unspecified atom stereocenters. The molecule has 0 saturated carbocycles. The maximum Gasteiger partial charge on any atom is 0.220 e. The van der Waals surface area contributed by atoms with Gasteiger partial charge in [-0.05, 0) is 99.2 Å². The molecule has 0 atom stereocenters. The van der Waals surface area contributed by atoms with Crippen LogP contribution in [0.4, 0.5) is 5.69 Å². The lowest BCUT2D eigenvalue weighted by Crippen LogP contribution is -2.24. The molecule has 1 amide bonds. The molecule has 2 aliphatic rings. The Morgan fingerprint density at radius 2 is 1.51 bits per heavy atom. The molecule has 7 rings (SSSR count). The molecular weight excluding hydrogens is 722 g/mol. The molecule has 0 saturated heterocycles. The summed E-state index contributed by atoms with van der Waals surface area (Å²) >= 11 is 6.28. The number of carbonyl (C=O) groups is 1. The number of anilines is 1. The Balaban J connectivity index is 0.00000194. The fourth-order valence-electron chi connectivity index (χ4n) is 7.30. The summed E-state index contributed by atoms with van der Waals surface area (Å²) in [6.45, 7) is 2.42. The Bertz CT molecular complexity index is 1920. The van der Waals surface area contributed by atoms with Crippen LogP contribution in [0.25, 0.3) is 33.1 Å². The monoisotopic (exact) mass is 768 g/mol. The molecule has 272 valence electrons. The first-order valence-corrected chi connectivity index (χ1v) is 18.3. The molecule has 0 fully saturated rings. The van der Waals surface area contributed by atoms with Crippen LogP contribution in [0.1, 0.15) is 80.2 Å². The zero-order valence-electron chi connectivity index (χ0n) is 29.0. The zero-order chi connectivity index (χ0) is 32.7. The average molecular weight is 771 g/mol. The first kappa shape index (κ1) is 40.5. The third-order valence-corrected chi connectivity index (χ3v) is 10.0. The Hall–Kier alpha value is -3.29. The number of benzene rings is 3. The number of fused-ring (bicyclic) bond motifs is 5. The summed E-state index contributed by atoms with van der Waals surface area (Å²) in [5, 5.41) is 9.87. The first-order valence-electron chi connectivity index (χ1n) is 17.9. The van der Waals surface area contributed by atoms with E-state index in [4.69, 9.17) is 26.3 Å². The topological polar surface area (TPSA) is 76.1 Å². The van der Waals surface area contributed by atoms with Crippen molar-refractivity contribution in [3.63, 3.8) is 0 Å². The van der Waals surface area contributed by atoms with Crippen molar-refractivity contribution >= 4 is 82.2 Å². The van der Waals surface area contributed by atoms with Crippen LogP contribution >= 0.6 is 48.8 Å². The summed E-state index contributed by atoms with van der Waals surface area (Å²) in [5.41, 5.74) is 10.3. The molecule has 3 aromatic carbocycles. The number of unbranched alkanes of at least 4 members (excludes halogenated alkanes) is 4. The van der Waals surface area contributed by atoms with E-state index >= 15 is 0 Å². The van der Waals surface area contributed by atoms with E-state index < -0.39 is 0 Å². The fourth-order valence-corrected chi connectivity index (χ4v) is 7.47. The van der Waals surface area contributed by atoms with Gasteiger partial charge in [0.25, 0.3) is 0 Å². The van der Waals surface area contributed by atoms with Crippen molar-refractivity contribution in [2.24, 2.45) is 0 Å². The minimum Gasteiger partial charge on any atom is -0.493 e. The van der Waals surface area contributed by atoms with Gasteiger partial charge in [-0.15, -0.1) is 37.2 Å². The smallest absolute Gasteiger partial charge is 0.220 e. The Kier molecular flexibility index (Phi) is 15.5. The van der Waals surface area contributed by atoms with Gasteiger partial charge >= 0.3 is 0 Å². The second-order valence-electron chi connectivity index (χ2n) is 13.3. The molecule has 0 radical (unpaired) electrons. The molecule has 0 bridgehead atoms. The number of hydrogen-bond acceptors (Lipinski definition) is 5. The Morgan fingerprint density at radius 3 is 2.35 bits per heavy atom. The maximum atomic E-state index is 12.7. The Morgan fingerprint density at radius 1 is 0.745 bits per heavy atom. The van der Waals surface area contributed by atoms with Crippen molar-refractivity contribution in [2.75, 3.05) is 25.0 Å². The third kappa shape index (κ3) is 9.78. The molecule has 10 heteroatoms. The number of ether oxygens (including phenoxy) is 1. The van der Waals surface area contributed by atoms with E-state index in [-0.39, 0.29) is 43.1 Å². The van der Waals surface area contributed by atoms with Crippen molar-refractivity contribution in [3.8, 4) is 17.0 Å². The molecule has 2 N–H and O–H groups in total. The number of amides is 1. The molecule has 51 heavy (non-hydrogen) atoms. The van der Waals surface area contributed by atoms with Crippen LogP contribution in [0.2, 0.25) is 5.02 Å². The van der Waals surface area contributed by atoms with Gasteiger partial charge < -0.3 is 15.4 Å². The van der Waals surface area contributed by atoms with Crippen molar-refractivity contribution in [3.05, 3.63) is 94.1 Å². The standard InChI is InChI=1S/C41H45ClN4O2.3ClH/c42-30-19-20-32-37(27-30)45-35-16-8-7-14-31(35)40(32)44-24-10-3-1-2-9-23-43-38(47)22-18-28-17-21-36-34(26-28)41-33(15-11-25-48-41)39(46-36)29-12-5-4-6-13-29;;;/h4-6,12-13,17,19-21,26-27H,1-3,7-11,14-16,18,22-25H2,(H,43,47)(H,44,45);3*1H. The highest BCUT2D eigenvalue weighted by Crippen LogP contribution is 2.39. The van der Waals surface area contributed by atoms with E-state index in [0.29, 0.717) is 12.8 Å². The van der Waals surface area contributed by atoms with Gasteiger partial charge in [0.05, 0.1) is 23.3 Å². The number of halogens is 4. The predicted octanol–water partition coefficient (Wildman–Crippen LogP) is 10.7. The summed E-state index contributed by atoms with van der Waals surface area (Å²) < 4.78 is 6.22. The van der Waals surface area contributed by atoms with Gasteiger partial charge in [0.15, 0.2) is 0 Å². The molecule has 6 nitrogen and oxygen atoms in total. The number of nitrogens with one attached hydrogen (secondary N) is 2. The quantitative estimate of drug-likeness (QED) is 0.117. The first-order chi connectivity index (χ1) is 23.6.